The molecule has 5 rings (SSSR count). The third-order valence-electron chi connectivity index (χ3n) is 5.78. The normalized spacial score (nSPS) is 23.2. The first-order chi connectivity index (χ1) is 14.7. The van der Waals surface area contributed by atoms with Crippen molar-refractivity contribution in [3.8, 4) is 0 Å². The molecule has 0 radical (unpaired) electrons. The van der Waals surface area contributed by atoms with Crippen LogP contribution in [-0.4, -0.2) is 22.9 Å². The molecule has 0 bridgehead atoms. The number of carbonyl (C=O) groups excluding carboxylic acids is 2. The highest BCUT2D eigenvalue weighted by atomic mass is 16.7. The zero-order chi connectivity index (χ0) is 20.7. The summed E-state index contributed by atoms with van der Waals surface area (Å²) in [6.07, 6.45) is 3.41. The molecule has 2 amide bonds. The molecule has 2 fully saturated rings. The second-order valence-electron chi connectivity index (χ2n) is 7.47. The summed E-state index contributed by atoms with van der Waals surface area (Å²) in [4.78, 5) is 38.2. The third kappa shape index (κ3) is 2.88. The molecule has 3 aromatic rings. The van der Waals surface area contributed by atoms with Crippen molar-refractivity contribution < 1.29 is 14.4 Å². The summed E-state index contributed by atoms with van der Waals surface area (Å²) in [5.74, 6) is -1.20. The Hall–Kier alpha value is -3.51. The number of hydrogen-bond acceptors (Lipinski definition) is 5. The molecule has 2 saturated heterocycles. The van der Waals surface area contributed by atoms with Crippen LogP contribution in [0, 0.1) is 5.92 Å². The van der Waals surface area contributed by atoms with E-state index in [-0.39, 0.29) is 11.8 Å². The van der Waals surface area contributed by atoms with Gasteiger partial charge in [-0.05, 0) is 53.9 Å². The second-order valence-corrected chi connectivity index (χ2v) is 7.47. The van der Waals surface area contributed by atoms with Crippen molar-refractivity contribution in [1.29, 1.82) is 0 Å². The van der Waals surface area contributed by atoms with Gasteiger partial charge in [-0.25, -0.2) is 9.96 Å². The Morgan fingerprint density at radius 3 is 2.23 bits per heavy atom. The van der Waals surface area contributed by atoms with Crippen molar-refractivity contribution in [1.82, 2.24) is 4.98 Å². The van der Waals surface area contributed by atoms with Crippen molar-refractivity contribution in [2.75, 3.05) is 9.96 Å². The van der Waals surface area contributed by atoms with Crippen LogP contribution in [0.15, 0.2) is 79.1 Å². The number of aromatic nitrogens is 1. The topological polar surface area (TPSA) is 62.7 Å². The molecule has 6 nitrogen and oxygen atoms in total. The Morgan fingerprint density at radius 2 is 1.57 bits per heavy atom. The fraction of sp³-hybridized carbons (Fsp3) is 0.208. The standard InChI is InChI=1S/C24H21N3O3/c1-2-16-8-10-18(11-9-16)26-23(28)20-21(17-12-14-25-15-13-17)27(30-22(20)24(26)29)19-6-4-3-5-7-19/h3-15,20-22H,2H2,1H3/t20-,21+,22+/m0/s1. The van der Waals surface area contributed by atoms with Crippen molar-refractivity contribution >= 4 is 23.2 Å². The van der Waals surface area contributed by atoms with Gasteiger partial charge in [0.2, 0.25) is 5.91 Å². The van der Waals surface area contributed by atoms with Gasteiger partial charge in [-0.1, -0.05) is 37.3 Å². The molecule has 0 saturated carbocycles. The van der Waals surface area contributed by atoms with E-state index in [1.807, 2.05) is 66.7 Å². The lowest BCUT2D eigenvalue weighted by molar-refractivity contribution is -0.126. The van der Waals surface area contributed by atoms with Crippen molar-refractivity contribution in [2.24, 2.45) is 5.92 Å². The molecule has 2 aromatic carbocycles. The van der Waals surface area contributed by atoms with Crippen LogP contribution in [0.1, 0.15) is 24.1 Å². The van der Waals surface area contributed by atoms with E-state index in [9.17, 15) is 9.59 Å². The van der Waals surface area contributed by atoms with Crippen molar-refractivity contribution in [3.05, 3.63) is 90.3 Å². The monoisotopic (exact) mass is 399 g/mol. The van der Waals surface area contributed by atoms with E-state index >= 15 is 0 Å². The predicted octanol–water partition coefficient (Wildman–Crippen LogP) is 3.70. The van der Waals surface area contributed by atoms with E-state index in [4.69, 9.17) is 4.84 Å². The molecular formula is C24H21N3O3. The number of hydrogen-bond donors (Lipinski definition) is 0. The third-order valence-corrected chi connectivity index (χ3v) is 5.78. The summed E-state index contributed by atoms with van der Waals surface area (Å²) in [6, 6.07) is 20.4. The molecule has 0 spiro atoms. The smallest absolute Gasteiger partial charge is 0.266 e. The lowest BCUT2D eigenvalue weighted by atomic mass is 9.91. The molecule has 150 valence electrons. The number of fused-ring (bicyclic) bond motifs is 1. The summed E-state index contributed by atoms with van der Waals surface area (Å²) in [6.45, 7) is 2.07. The number of aryl methyl sites for hydroxylation is 1. The number of rotatable bonds is 4. The van der Waals surface area contributed by atoms with Gasteiger partial charge in [0.15, 0.2) is 6.10 Å². The highest BCUT2D eigenvalue weighted by Gasteiger charge is 2.60. The average molecular weight is 399 g/mol. The maximum Gasteiger partial charge on any atom is 0.266 e. The maximum atomic E-state index is 13.5. The van der Waals surface area contributed by atoms with Gasteiger partial charge in [0.25, 0.3) is 5.91 Å². The summed E-state index contributed by atoms with van der Waals surface area (Å²) in [7, 11) is 0. The molecule has 3 heterocycles. The number of anilines is 2. The Balaban J connectivity index is 1.55. The maximum absolute atomic E-state index is 13.5. The Morgan fingerprint density at radius 1 is 0.867 bits per heavy atom. The van der Waals surface area contributed by atoms with Crippen LogP contribution in [0.4, 0.5) is 11.4 Å². The van der Waals surface area contributed by atoms with Crippen LogP contribution in [-0.2, 0) is 20.8 Å². The SMILES string of the molecule is CCc1ccc(N2C(=O)[C@H]3[C@@H](c4ccncc4)N(c4ccccc4)O[C@H]3C2=O)cc1. The summed E-state index contributed by atoms with van der Waals surface area (Å²) in [5.41, 5.74) is 3.41. The second kappa shape index (κ2) is 7.39. The van der Waals surface area contributed by atoms with Crippen LogP contribution in [0.2, 0.25) is 0 Å². The first-order valence-electron chi connectivity index (χ1n) is 10.1. The minimum atomic E-state index is -0.860. The number of amides is 2. The number of para-hydroxylation sites is 1. The number of nitrogens with zero attached hydrogens (tertiary/aromatic N) is 3. The van der Waals surface area contributed by atoms with Crippen LogP contribution in [0.3, 0.4) is 0 Å². The molecule has 0 aliphatic carbocycles. The van der Waals surface area contributed by atoms with Crippen molar-refractivity contribution in [3.63, 3.8) is 0 Å². The molecule has 0 unspecified atom stereocenters. The first kappa shape index (κ1) is 18.5. The minimum absolute atomic E-state index is 0.241. The fourth-order valence-electron chi connectivity index (χ4n) is 4.25. The van der Waals surface area contributed by atoms with Crippen LogP contribution in [0.25, 0.3) is 0 Å². The van der Waals surface area contributed by atoms with E-state index in [2.05, 4.69) is 11.9 Å². The number of hydroxylamine groups is 1. The largest absolute Gasteiger partial charge is 0.273 e. The number of benzene rings is 2. The molecule has 2 aliphatic rings. The van der Waals surface area contributed by atoms with Gasteiger partial charge in [-0.3, -0.25) is 19.4 Å². The van der Waals surface area contributed by atoms with Crippen LogP contribution < -0.4 is 9.96 Å². The number of imide groups is 1. The van der Waals surface area contributed by atoms with Gasteiger partial charge in [-0.2, -0.15) is 0 Å². The molecule has 1 aromatic heterocycles. The van der Waals surface area contributed by atoms with Crippen molar-refractivity contribution in [2.45, 2.75) is 25.5 Å². The van der Waals surface area contributed by atoms with E-state index in [0.717, 1.165) is 23.2 Å². The Kier molecular flexibility index (Phi) is 4.56. The van der Waals surface area contributed by atoms with E-state index in [0.29, 0.717) is 5.69 Å². The number of pyridine rings is 1. The van der Waals surface area contributed by atoms with Gasteiger partial charge in [0.1, 0.15) is 5.92 Å². The summed E-state index contributed by atoms with van der Waals surface area (Å²) in [5, 5.41) is 1.69. The van der Waals surface area contributed by atoms with Gasteiger partial charge >= 0.3 is 0 Å². The minimum Gasteiger partial charge on any atom is -0.273 e. The molecule has 3 atom stereocenters. The summed E-state index contributed by atoms with van der Waals surface area (Å²) >= 11 is 0. The van der Waals surface area contributed by atoms with Crippen LogP contribution in [0.5, 0.6) is 0 Å². The van der Waals surface area contributed by atoms with Gasteiger partial charge in [0, 0.05) is 12.4 Å². The lowest BCUT2D eigenvalue weighted by Crippen LogP contribution is -2.37. The first-order valence-corrected chi connectivity index (χ1v) is 10.1. The molecule has 2 aliphatic heterocycles. The highest BCUT2D eigenvalue weighted by Crippen LogP contribution is 2.47. The van der Waals surface area contributed by atoms with E-state index in [1.165, 1.54) is 4.90 Å². The molecule has 6 heteroatoms. The Bertz CT molecular complexity index is 1070. The molecular weight excluding hydrogens is 378 g/mol. The highest BCUT2D eigenvalue weighted by molar-refractivity contribution is 6.23. The molecule has 0 N–H and O–H groups in total. The summed E-state index contributed by atoms with van der Waals surface area (Å²) < 4.78 is 0. The van der Waals surface area contributed by atoms with Gasteiger partial charge < -0.3 is 0 Å². The Labute approximate surface area is 174 Å². The zero-order valence-electron chi connectivity index (χ0n) is 16.5. The van der Waals surface area contributed by atoms with E-state index in [1.54, 1.807) is 17.5 Å². The fourth-order valence-corrected chi connectivity index (χ4v) is 4.25. The predicted molar refractivity (Wildman–Crippen MR) is 113 cm³/mol. The quantitative estimate of drug-likeness (QED) is 0.626. The molecule has 30 heavy (non-hydrogen) atoms. The van der Waals surface area contributed by atoms with Crippen LogP contribution >= 0.6 is 0 Å². The average Bonchev–Trinajstić information content (AvgIpc) is 3.31. The lowest BCUT2D eigenvalue weighted by Gasteiger charge is -2.28. The van der Waals surface area contributed by atoms with E-state index < -0.39 is 18.1 Å². The van der Waals surface area contributed by atoms with Gasteiger partial charge in [-0.15, -0.1) is 0 Å². The van der Waals surface area contributed by atoms with Gasteiger partial charge in [0.05, 0.1) is 17.4 Å². The number of carbonyl (C=O) groups is 2. The zero-order valence-corrected chi connectivity index (χ0v) is 16.5.